The molecule has 4 heteroatoms. The lowest BCUT2D eigenvalue weighted by molar-refractivity contribution is -0.133. The van der Waals surface area contributed by atoms with Gasteiger partial charge in [0.15, 0.2) is 5.17 Å². The van der Waals surface area contributed by atoms with Crippen LogP contribution in [0.2, 0.25) is 0 Å². The summed E-state index contributed by atoms with van der Waals surface area (Å²) in [6.45, 7) is 0.873. The highest BCUT2D eigenvalue weighted by molar-refractivity contribution is 8.13. The van der Waals surface area contributed by atoms with E-state index in [0.29, 0.717) is 5.91 Å². The number of nitrogens with zero attached hydrogens (tertiary/aromatic N) is 2. The Bertz CT molecular complexity index is 350. The first-order chi connectivity index (χ1) is 7.36. The average molecular weight is 222 g/mol. The van der Waals surface area contributed by atoms with Gasteiger partial charge >= 0.3 is 0 Å². The van der Waals surface area contributed by atoms with Gasteiger partial charge in [0.05, 0.1) is 12.0 Å². The number of allylic oxidation sites excluding steroid dienone is 1. The third kappa shape index (κ3) is 1.51. The molecule has 3 aliphatic rings. The van der Waals surface area contributed by atoms with E-state index in [0.717, 1.165) is 36.7 Å². The molecule has 0 saturated carbocycles. The fraction of sp³-hybridized carbons (Fsp3) is 0.636. The van der Waals surface area contributed by atoms with Crippen molar-refractivity contribution in [2.75, 3.05) is 12.3 Å². The molecule has 15 heavy (non-hydrogen) atoms. The molecular formula is C11H14N2OS. The van der Waals surface area contributed by atoms with Gasteiger partial charge in [-0.2, -0.15) is 0 Å². The number of amides is 1. The molecule has 0 aromatic carbocycles. The van der Waals surface area contributed by atoms with Crippen LogP contribution in [0.4, 0.5) is 0 Å². The van der Waals surface area contributed by atoms with Crippen LogP contribution in [0.5, 0.6) is 0 Å². The lowest BCUT2D eigenvalue weighted by Gasteiger charge is -2.38. The summed E-state index contributed by atoms with van der Waals surface area (Å²) in [7, 11) is 0. The number of hydrogen-bond donors (Lipinski definition) is 0. The van der Waals surface area contributed by atoms with Gasteiger partial charge < -0.3 is 0 Å². The van der Waals surface area contributed by atoms with E-state index in [1.807, 2.05) is 4.90 Å². The van der Waals surface area contributed by atoms with Crippen molar-refractivity contribution in [1.29, 1.82) is 0 Å². The van der Waals surface area contributed by atoms with Crippen LogP contribution in [-0.4, -0.2) is 34.3 Å². The predicted molar refractivity (Wildman–Crippen MR) is 61.9 cm³/mol. The van der Waals surface area contributed by atoms with Gasteiger partial charge in [-0.1, -0.05) is 23.9 Å². The smallest absolute Gasteiger partial charge is 0.234 e. The summed E-state index contributed by atoms with van der Waals surface area (Å²) in [4.78, 5) is 18.8. The zero-order valence-electron chi connectivity index (χ0n) is 8.56. The Morgan fingerprint density at radius 1 is 1.40 bits per heavy atom. The van der Waals surface area contributed by atoms with E-state index in [1.165, 1.54) is 0 Å². The minimum atomic E-state index is 0.123. The molecule has 0 unspecified atom stereocenters. The zero-order chi connectivity index (χ0) is 10.3. The zero-order valence-corrected chi connectivity index (χ0v) is 9.37. The Hall–Kier alpha value is -0.770. The first-order valence-corrected chi connectivity index (χ1v) is 6.52. The number of hydrogen-bond acceptors (Lipinski definition) is 3. The highest BCUT2D eigenvalue weighted by Gasteiger charge is 2.39. The van der Waals surface area contributed by atoms with Crippen LogP contribution in [0.3, 0.4) is 0 Å². The molecule has 1 aliphatic carbocycles. The molecule has 1 amide bonds. The van der Waals surface area contributed by atoms with Crippen molar-refractivity contribution in [3.05, 3.63) is 12.2 Å². The van der Waals surface area contributed by atoms with Gasteiger partial charge in [-0.3, -0.25) is 14.7 Å². The van der Waals surface area contributed by atoms with Crippen molar-refractivity contribution in [2.45, 2.75) is 25.3 Å². The van der Waals surface area contributed by atoms with E-state index < -0.39 is 0 Å². The molecule has 0 aromatic rings. The Morgan fingerprint density at radius 2 is 2.27 bits per heavy atom. The summed E-state index contributed by atoms with van der Waals surface area (Å²) in [6, 6.07) is 0.222. The van der Waals surface area contributed by atoms with Gasteiger partial charge in [-0.15, -0.1) is 0 Å². The number of amidine groups is 1. The molecule has 1 saturated heterocycles. The lowest BCUT2D eigenvalue weighted by Crippen LogP contribution is -2.50. The SMILES string of the molecule is O=C1[C@@H]2CC=CC[C@@H]2N=C2SCCCN12. The molecule has 0 aromatic heterocycles. The van der Waals surface area contributed by atoms with E-state index in [-0.39, 0.29) is 12.0 Å². The van der Waals surface area contributed by atoms with Crippen LogP contribution in [0.1, 0.15) is 19.3 Å². The Labute approximate surface area is 93.6 Å². The first-order valence-electron chi connectivity index (χ1n) is 5.53. The second kappa shape index (κ2) is 3.67. The molecule has 2 heterocycles. The topological polar surface area (TPSA) is 32.7 Å². The van der Waals surface area contributed by atoms with Crippen LogP contribution in [-0.2, 0) is 4.79 Å². The molecule has 0 N–H and O–H groups in total. The summed E-state index contributed by atoms with van der Waals surface area (Å²) in [5.41, 5.74) is 0. The van der Waals surface area contributed by atoms with Crippen LogP contribution < -0.4 is 0 Å². The lowest BCUT2D eigenvalue weighted by atomic mass is 9.87. The third-order valence-electron chi connectivity index (χ3n) is 3.25. The van der Waals surface area contributed by atoms with Crippen molar-refractivity contribution in [2.24, 2.45) is 10.9 Å². The summed E-state index contributed by atoms with van der Waals surface area (Å²) >= 11 is 1.74. The Morgan fingerprint density at radius 3 is 3.20 bits per heavy atom. The highest BCUT2D eigenvalue weighted by Crippen LogP contribution is 2.32. The van der Waals surface area contributed by atoms with Crippen LogP contribution in [0, 0.1) is 5.92 Å². The van der Waals surface area contributed by atoms with Gasteiger partial charge in [0.1, 0.15) is 0 Å². The largest absolute Gasteiger partial charge is 0.291 e. The fourth-order valence-electron chi connectivity index (χ4n) is 2.42. The molecular weight excluding hydrogens is 208 g/mol. The van der Waals surface area contributed by atoms with E-state index in [9.17, 15) is 4.79 Å². The number of carbonyl (C=O) groups is 1. The standard InChI is InChI=1S/C11H14N2OS/c14-10-8-4-1-2-5-9(8)12-11-13(10)6-3-7-15-11/h1-2,8-9H,3-7H2/t8-,9+/m1/s1. The van der Waals surface area contributed by atoms with Gasteiger partial charge in [-0.25, -0.2) is 0 Å². The molecule has 3 rings (SSSR count). The Kier molecular flexibility index (Phi) is 2.31. The number of thioether (sulfide) groups is 1. The molecule has 0 spiro atoms. The van der Waals surface area contributed by atoms with Crippen molar-refractivity contribution in [3.63, 3.8) is 0 Å². The molecule has 80 valence electrons. The van der Waals surface area contributed by atoms with E-state index in [2.05, 4.69) is 12.2 Å². The minimum absolute atomic E-state index is 0.123. The highest BCUT2D eigenvalue weighted by atomic mass is 32.2. The van der Waals surface area contributed by atoms with Crippen LogP contribution in [0.25, 0.3) is 0 Å². The van der Waals surface area contributed by atoms with Gasteiger partial charge in [0.25, 0.3) is 0 Å². The van der Waals surface area contributed by atoms with Crippen LogP contribution in [0.15, 0.2) is 17.1 Å². The Balaban J connectivity index is 1.94. The summed E-state index contributed by atoms with van der Waals surface area (Å²) < 4.78 is 0. The van der Waals surface area contributed by atoms with E-state index in [1.54, 1.807) is 11.8 Å². The normalized spacial score (nSPS) is 34.5. The molecule has 1 fully saturated rings. The predicted octanol–water partition coefficient (Wildman–Crippen LogP) is 1.66. The molecule has 2 aliphatic heterocycles. The summed E-state index contributed by atoms with van der Waals surface area (Å²) in [5.74, 6) is 1.54. The maximum absolute atomic E-state index is 12.2. The van der Waals surface area contributed by atoms with Gasteiger partial charge in [-0.05, 0) is 19.3 Å². The van der Waals surface area contributed by atoms with Gasteiger partial charge in [0.2, 0.25) is 5.91 Å². The average Bonchev–Trinajstić information content (AvgIpc) is 2.30. The third-order valence-corrected chi connectivity index (χ3v) is 4.32. The van der Waals surface area contributed by atoms with Crippen molar-refractivity contribution in [1.82, 2.24) is 4.90 Å². The van der Waals surface area contributed by atoms with Crippen LogP contribution >= 0.6 is 11.8 Å². The molecule has 3 nitrogen and oxygen atoms in total. The molecule has 0 bridgehead atoms. The maximum atomic E-state index is 12.2. The fourth-order valence-corrected chi connectivity index (χ4v) is 3.42. The maximum Gasteiger partial charge on any atom is 0.234 e. The second-order valence-corrected chi connectivity index (χ2v) is 5.28. The van der Waals surface area contributed by atoms with E-state index in [4.69, 9.17) is 4.99 Å². The number of aliphatic imine (C=N–C) groups is 1. The number of carbonyl (C=O) groups excluding carboxylic acids is 1. The molecule has 0 radical (unpaired) electrons. The van der Waals surface area contributed by atoms with E-state index >= 15 is 0 Å². The monoisotopic (exact) mass is 222 g/mol. The van der Waals surface area contributed by atoms with Crippen molar-refractivity contribution >= 4 is 22.8 Å². The number of rotatable bonds is 0. The molecule has 2 atom stereocenters. The number of fused-ring (bicyclic) bond motifs is 2. The second-order valence-electron chi connectivity index (χ2n) is 4.22. The van der Waals surface area contributed by atoms with Crippen molar-refractivity contribution < 1.29 is 4.79 Å². The summed E-state index contributed by atoms with van der Waals surface area (Å²) in [6.07, 6.45) is 7.19. The quantitative estimate of drug-likeness (QED) is 0.584. The van der Waals surface area contributed by atoms with Gasteiger partial charge in [0, 0.05) is 12.3 Å². The first kappa shape index (κ1) is 9.46. The summed E-state index contributed by atoms with van der Waals surface area (Å²) in [5, 5.41) is 0.975. The van der Waals surface area contributed by atoms with Crippen molar-refractivity contribution in [3.8, 4) is 0 Å². The minimum Gasteiger partial charge on any atom is -0.291 e.